The van der Waals surface area contributed by atoms with Crippen LogP contribution < -0.4 is 9.64 Å². The molecule has 2 aromatic heterocycles. The van der Waals surface area contributed by atoms with E-state index in [0.717, 1.165) is 46.2 Å². The number of rotatable bonds is 6. The molecule has 0 saturated carbocycles. The Morgan fingerprint density at radius 1 is 1.15 bits per heavy atom. The Hall–Kier alpha value is -3.04. The van der Waals surface area contributed by atoms with Crippen LogP contribution in [0.3, 0.4) is 0 Å². The van der Waals surface area contributed by atoms with Gasteiger partial charge in [-0.15, -0.1) is 11.3 Å². The average molecular weight is 481 g/mol. The summed E-state index contributed by atoms with van der Waals surface area (Å²) >= 11 is 2.99. The summed E-state index contributed by atoms with van der Waals surface area (Å²) in [6, 6.07) is 13.9. The second-order valence-corrected chi connectivity index (χ2v) is 9.69. The minimum atomic E-state index is -0.0143. The van der Waals surface area contributed by atoms with E-state index in [2.05, 4.69) is 20.9 Å². The molecule has 0 unspecified atom stereocenters. The van der Waals surface area contributed by atoms with Crippen LogP contribution in [-0.2, 0) is 5.75 Å². The molecule has 33 heavy (non-hydrogen) atoms. The Bertz CT molecular complexity index is 1280. The van der Waals surface area contributed by atoms with Crippen LogP contribution in [-0.4, -0.2) is 54.1 Å². The first kappa shape index (κ1) is 21.8. The molecule has 170 valence electrons. The van der Waals surface area contributed by atoms with Crippen molar-refractivity contribution in [2.24, 2.45) is 0 Å². The van der Waals surface area contributed by atoms with E-state index in [1.807, 2.05) is 53.6 Å². The number of thiazole rings is 1. The maximum atomic E-state index is 13.0. The number of thioether (sulfide) groups is 1. The molecular weight excluding hydrogens is 456 g/mol. The maximum absolute atomic E-state index is 13.0. The van der Waals surface area contributed by atoms with Gasteiger partial charge < -0.3 is 19.0 Å². The molecule has 1 aliphatic rings. The number of anilines is 1. The highest BCUT2D eigenvalue weighted by Crippen LogP contribution is 2.30. The second-order valence-electron chi connectivity index (χ2n) is 7.82. The van der Waals surface area contributed by atoms with Crippen molar-refractivity contribution in [3.05, 3.63) is 64.1 Å². The summed E-state index contributed by atoms with van der Waals surface area (Å²) in [6.07, 6.45) is 0. The number of fused-ring (bicyclic) bond motifs is 1. The van der Waals surface area contributed by atoms with Crippen LogP contribution >= 0.6 is 23.1 Å². The molecule has 0 N–H and O–H groups in total. The van der Waals surface area contributed by atoms with E-state index in [1.54, 1.807) is 7.11 Å². The van der Waals surface area contributed by atoms with Crippen molar-refractivity contribution in [1.29, 1.82) is 0 Å². The molecule has 0 spiro atoms. The summed E-state index contributed by atoms with van der Waals surface area (Å²) in [6.45, 7) is 4.86. The van der Waals surface area contributed by atoms with Gasteiger partial charge in [0.1, 0.15) is 22.0 Å². The Morgan fingerprint density at radius 3 is 2.79 bits per heavy atom. The third-order valence-corrected chi connectivity index (χ3v) is 7.48. The van der Waals surface area contributed by atoms with Crippen molar-refractivity contribution in [1.82, 2.24) is 14.9 Å². The molecule has 4 aromatic rings. The number of aryl methyl sites for hydroxylation is 1. The normalized spacial score (nSPS) is 14.1. The number of carbonyl (C=O) groups is 1. The van der Waals surface area contributed by atoms with Crippen LogP contribution in [0.15, 0.2) is 57.5 Å². The first-order valence-corrected chi connectivity index (χ1v) is 12.6. The van der Waals surface area contributed by atoms with Gasteiger partial charge in [0.25, 0.3) is 11.1 Å². The van der Waals surface area contributed by atoms with Crippen LogP contribution in [0.4, 0.5) is 5.69 Å². The topological polar surface area (TPSA) is 71.7 Å². The number of aromatic nitrogens is 2. The van der Waals surface area contributed by atoms with Crippen molar-refractivity contribution >= 4 is 45.8 Å². The van der Waals surface area contributed by atoms with Gasteiger partial charge in [-0.05, 0) is 36.8 Å². The van der Waals surface area contributed by atoms with Crippen molar-refractivity contribution < 1.29 is 13.9 Å². The number of oxazole rings is 1. The smallest absolute Gasteiger partial charge is 0.273 e. The second kappa shape index (κ2) is 9.44. The zero-order valence-electron chi connectivity index (χ0n) is 18.5. The predicted octanol–water partition coefficient (Wildman–Crippen LogP) is 4.86. The fourth-order valence-corrected chi connectivity index (χ4v) is 5.50. The number of para-hydroxylation sites is 2. The Kier molecular flexibility index (Phi) is 6.24. The fourth-order valence-electron chi connectivity index (χ4n) is 3.88. The highest BCUT2D eigenvalue weighted by atomic mass is 32.2. The van der Waals surface area contributed by atoms with Gasteiger partial charge in [-0.25, -0.2) is 9.97 Å². The summed E-state index contributed by atoms with van der Waals surface area (Å²) < 4.78 is 11.3. The molecular formula is C24H24N4O3S2. The molecule has 1 fully saturated rings. The lowest BCUT2D eigenvalue weighted by atomic mass is 10.2. The summed E-state index contributed by atoms with van der Waals surface area (Å²) in [7, 11) is 1.68. The number of hydrogen-bond acceptors (Lipinski definition) is 8. The van der Waals surface area contributed by atoms with E-state index in [-0.39, 0.29) is 5.91 Å². The molecule has 2 aromatic carbocycles. The van der Waals surface area contributed by atoms with E-state index in [9.17, 15) is 4.79 Å². The number of nitrogens with zero attached hydrogens (tertiary/aromatic N) is 4. The summed E-state index contributed by atoms with van der Waals surface area (Å²) in [4.78, 5) is 26.2. The van der Waals surface area contributed by atoms with Gasteiger partial charge in [0.05, 0.1) is 18.6 Å². The lowest BCUT2D eigenvalue weighted by Crippen LogP contribution is -2.49. The van der Waals surface area contributed by atoms with Crippen LogP contribution in [0, 0.1) is 6.92 Å². The summed E-state index contributed by atoms with van der Waals surface area (Å²) in [5.74, 6) is 1.46. The molecule has 0 bridgehead atoms. The minimum Gasteiger partial charge on any atom is -0.495 e. The van der Waals surface area contributed by atoms with E-state index in [1.165, 1.54) is 23.1 Å². The van der Waals surface area contributed by atoms with Gasteiger partial charge in [0, 0.05) is 31.6 Å². The first-order chi connectivity index (χ1) is 16.1. The molecule has 3 heterocycles. The fraction of sp³-hybridized carbons (Fsp3) is 0.292. The number of methoxy groups -OCH3 is 1. The van der Waals surface area contributed by atoms with Crippen molar-refractivity contribution in [3.8, 4) is 5.75 Å². The minimum absolute atomic E-state index is 0.0143. The van der Waals surface area contributed by atoms with Crippen molar-refractivity contribution in [3.63, 3.8) is 0 Å². The molecule has 7 nitrogen and oxygen atoms in total. The van der Waals surface area contributed by atoms with Gasteiger partial charge in [-0.1, -0.05) is 30.0 Å². The third kappa shape index (κ3) is 4.69. The monoisotopic (exact) mass is 480 g/mol. The standard InChI is InChI=1S/C24H24N4O3S2/c1-16-7-8-20-17(13-16)26-24(31-20)33-15-22-25-18(14-32-22)23(29)28-11-9-27(10-12-28)19-5-3-4-6-21(19)30-2/h3-8,13-14H,9-12,15H2,1-2H3. The largest absolute Gasteiger partial charge is 0.495 e. The number of carbonyl (C=O) groups excluding carboxylic acids is 1. The zero-order chi connectivity index (χ0) is 22.8. The molecule has 9 heteroatoms. The van der Waals surface area contributed by atoms with Crippen LogP contribution in [0.25, 0.3) is 11.1 Å². The Balaban J connectivity index is 1.18. The molecule has 5 rings (SSSR count). The molecule has 0 atom stereocenters. The number of amides is 1. The highest BCUT2D eigenvalue weighted by molar-refractivity contribution is 7.98. The van der Waals surface area contributed by atoms with E-state index >= 15 is 0 Å². The van der Waals surface area contributed by atoms with Crippen molar-refractivity contribution in [2.45, 2.75) is 17.9 Å². The van der Waals surface area contributed by atoms with Crippen LogP contribution in [0.2, 0.25) is 0 Å². The molecule has 1 saturated heterocycles. The zero-order valence-corrected chi connectivity index (χ0v) is 20.1. The first-order valence-electron chi connectivity index (χ1n) is 10.7. The maximum Gasteiger partial charge on any atom is 0.273 e. The average Bonchev–Trinajstić information content (AvgIpc) is 3.49. The Morgan fingerprint density at radius 2 is 1.97 bits per heavy atom. The number of ether oxygens (including phenoxy) is 1. The van der Waals surface area contributed by atoms with Crippen molar-refractivity contribution in [2.75, 3.05) is 38.2 Å². The van der Waals surface area contributed by atoms with Gasteiger partial charge in [0.15, 0.2) is 5.58 Å². The molecule has 1 amide bonds. The van der Waals surface area contributed by atoms with Crippen LogP contribution in [0.1, 0.15) is 21.1 Å². The summed E-state index contributed by atoms with van der Waals surface area (Å²) in [5.41, 5.74) is 4.37. The van der Waals surface area contributed by atoms with E-state index in [4.69, 9.17) is 9.15 Å². The van der Waals surface area contributed by atoms with E-state index in [0.29, 0.717) is 29.8 Å². The van der Waals surface area contributed by atoms with Gasteiger partial charge in [-0.3, -0.25) is 4.79 Å². The molecule has 1 aliphatic heterocycles. The molecule has 0 radical (unpaired) electrons. The summed E-state index contributed by atoms with van der Waals surface area (Å²) in [5, 5.41) is 3.35. The van der Waals surface area contributed by atoms with Crippen LogP contribution in [0.5, 0.6) is 5.75 Å². The van der Waals surface area contributed by atoms with Gasteiger partial charge >= 0.3 is 0 Å². The lowest BCUT2D eigenvalue weighted by molar-refractivity contribution is 0.0741. The SMILES string of the molecule is COc1ccccc1N1CCN(C(=O)c2csc(CSc3nc4cc(C)ccc4o3)n2)CC1. The predicted molar refractivity (Wildman–Crippen MR) is 132 cm³/mol. The van der Waals surface area contributed by atoms with Gasteiger partial charge in [0.2, 0.25) is 0 Å². The Labute approximate surface area is 200 Å². The quantitative estimate of drug-likeness (QED) is 0.365. The molecule has 0 aliphatic carbocycles. The van der Waals surface area contributed by atoms with E-state index < -0.39 is 0 Å². The van der Waals surface area contributed by atoms with Gasteiger partial charge in [-0.2, -0.15) is 0 Å². The highest BCUT2D eigenvalue weighted by Gasteiger charge is 2.25. The number of benzene rings is 2. The number of piperazine rings is 1. The lowest BCUT2D eigenvalue weighted by Gasteiger charge is -2.36. The number of hydrogen-bond donors (Lipinski definition) is 0. The third-order valence-electron chi connectivity index (χ3n) is 5.61.